The van der Waals surface area contributed by atoms with E-state index < -0.39 is 6.55 Å². The van der Waals surface area contributed by atoms with Crippen molar-refractivity contribution in [3.05, 3.63) is 18.0 Å². The number of alkyl halides is 2. The van der Waals surface area contributed by atoms with Gasteiger partial charge in [0, 0.05) is 18.8 Å². The Balaban J connectivity index is 2.74. The Morgan fingerprint density at radius 3 is 2.60 bits per heavy atom. The summed E-state index contributed by atoms with van der Waals surface area (Å²) in [5, 5.41) is 3.60. The van der Waals surface area contributed by atoms with Crippen molar-refractivity contribution in [2.24, 2.45) is 0 Å². The monoisotopic (exact) mass is 217 g/mol. The van der Waals surface area contributed by atoms with Crippen LogP contribution in [0.5, 0.6) is 0 Å². The molecule has 0 aliphatic carbocycles. The van der Waals surface area contributed by atoms with Gasteiger partial charge in [-0.15, -0.1) is 0 Å². The molecule has 5 heteroatoms. The summed E-state index contributed by atoms with van der Waals surface area (Å²) in [5.74, 6) is 0. The third-order valence-electron chi connectivity index (χ3n) is 2.44. The quantitative estimate of drug-likeness (QED) is 0.755. The van der Waals surface area contributed by atoms with Gasteiger partial charge in [-0.3, -0.25) is 4.90 Å². The highest BCUT2D eigenvalue weighted by Crippen LogP contribution is 2.14. The average molecular weight is 217 g/mol. The fourth-order valence-electron chi connectivity index (χ4n) is 1.51. The fraction of sp³-hybridized carbons (Fsp3) is 0.700. The summed E-state index contributed by atoms with van der Waals surface area (Å²) in [7, 11) is 0. The Hall–Kier alpha value is -0.970. The number of hydrogen-bond acceptors (Lipinski definition) is 2. The van der Waals surface area contributed by atoms with E-state index in [1.165, 1.54) is 6.20 Å². The number of aromatic nitrogens is 2. The van der Waals surface area contributed by atoms with Crippen molar-refractivity contribution in [3.63, 3.8) is 0 Å². The van der Waals surface area contributed by atoms with Gasteiger partial charge in [-0.25, -0.2) is 4.68 Å². The van der Waals surface area contributed by atoms with Crippen molar-refractivity contribution in [1.82, 2.24) is 14.7 Å². The summed E-state index contributed by atoms with van der Waals surface area (Å²) >= 11 is 0. The number of rotatable bonds is 5. The van der Waals surface area contributed by atoms with Gasteiger partial charge in [0.05, 0.1) is 5.69 Å². The van der Waals surface area contributed by atoms with E-state index in [4.69, 9.17) is 0 Å². The van der Waals surface area contributed by atoms with Crippen LogP contribution in [0.4, 0.5) is 8.78 Å². The maximum absolute atomic E-state index is 12.5. The number of nitrogens with zero attached hydrogens (tertiary/aromatic N) is 3. The molecule has 0 radical (unpaired) electrons. The molecule has 0 aliphatic rings. The highest BCUT2D eigenvalue weighted by atomic mass is 19.3. The zero-order valence-corrected chi connectivity index (χ0v) is 9.32. The molecule has 3 nitrogen and oxygen atoms in total. The van der Waals surface area contributed by atoms with Crippen LogP contribution in [0, 0.1) is 0 Å². The fourth-order valence-corrected chi connectivity index (χ4v) is 1.51. The Bertz CT molecular complexity index is 297. The summed E-state index contributed by atoms with van der Waals surface area (Å²) < 4.78 is 25.8. The van der Waals surface area contributed by atoms with Crippen LogP contribution in [0.15, 0.2) is 12.3 Å². The summed E-state index contributed by atoms with van der Waals surface area (Å²) in [6.45, 7) is 4.91. The molecule has 0 aromatic carbocycles. The van der Waals surface area contributed by atoms with Crippen LogP contribution < -0.4 is 0 Å². The molecule has 0 bridgehead atoms. The largest absolute Gasteiger partial charge is 0.333 e. The maximum atomic E-state index is 12.5. The van der Waals surface area contributed by atoms with Crippen molar-refractivity contribution in [3.8, 4) is 0 Å². The van der Waals surface area contributed by atoms with Crippen LogP contribution >= 0.6 is 0 Å². The molecule has 0 unspecified atom stereocenters. The van der Waals surface area contributed by atoms with Crippen LogP contribution in [-0.2, 0) is 6.54 Å². The Kier molecular flexibility index (Phi) is 4.20. The molecule has 86 valence electrons. The minimum atomic E-state index is -2.55. The topological polar surface area (TPSA) is 21.1 Å². The van der Waals surface area contributed by atoms with Crippen molar-refractivity contribution >= 4 is 0 Å². The molecule has 0 atom stereocenters. The van der Waals surface area contributed by atoms with Crippen LogP contribution in [0.3, 0.4) is 0 Å². The maximum Gasteiger partial charge on any atom is 0.333 e. The molecule has 0 spiro atoms. The average Bonchev–Trinajstić information content (AvgIpc) is 2.61. The normalized spacial score (nSPS) is 12.0. The predicted molar refractivity (Wildman–Crippen MR) is 54.7 cm³/mol. The summed E-state index contributed by atoms with van der Waals surface area (Å²) in [4.78, 5) is 2.11. The van der Waals surface area contributed by atoms with Crippen molar-refractivity contribution in [2.75, 3.05) is 6.54 Å². The first-order valence-corrected chi connectivity index (χ1v) is 5.10. The van der Waals surface area contributed by atoms with E-state index in [1.54, 1.807) is 6.07 Å². The van der Waals surface area contributed by atoms with E-state index >= 15 is 0 Å². The lowest BCUT2D eigenvalue weighted by molar-refractivity contribution is 0.0498. The third-order valence-corrected chi connectivity index (χ3v) is 2.44. The SMILES string of the molecule is CCN(Cc1ccnn1C(F)F)C(C)C. The second kappa shape index (κ2) is 5.21. The molecular formula is C10H17F2N3. The summed E-state index contributed by atoms with van der Waals surface area (Å²) in [5.41, 5.74) is 0.556. The van der Waals surface area contributed by atoms with Gasteiger partial charge >= 0.3 is 6.55 Å². The lowest BCUT2D eigenvalue weighted by Crippen LogP contribution is -2.31. The third kappa shape index (κ3) is 2.99. The smallest absolute Gasteiger partial charge is 0.295 e. The van der Waals surface area contributed by atoms with Gasteiger partial charge in [-0.2, -0.15) is 13.9 Å². The van der Waals surface area contributed by atoms with Gasteiger partial charge in [-0.1, -0.05) is 6.92 Å². The van der Waals surface area contributed by atoms with Crippen molar-refractivity contribution < 1.29 is 8.78 Å². The first kappa shape index (κ1) is 12.1. The molecule has 0 saturated heterocycles. The first-order valence-electron chi connectivity index (χ1n) is 5.10. The van der Waals surface area contributed by atoms with E-state index in [2.05, 4.69) is 10.00 Å². The number of hydrogen-bond donors (Lipinski definition) is 0. The van der Waals surface area contributed by atoms with Crippen LogP contribution in [0.25, 0.3) is 0 Å². The number of halogens is 2. The Morgan fingerprint density at radius 1 is 1.47 bits per heavy atom. The molecule has 0 fully saturated rings. The summed E-state index contributed by atoms with van der Waals surface area (Å²) in [6, 6.07) is 1.98. The predicted octanol–water partition coefficient (Wildman–Crippen LogP) is 2.51. The lowest BCUT2D eigenvalue weighted by atomic mass is 10.3. The van der Waals surface area contributed by atoms with Gasteiger partial charge in [0.25, 0.3) is 0 Å². The van der Waals surface area contributed by atoms with E-state index in [1.807, 2.05) is 20.8 Å². The molecule has 0 aliphatic heterocycles. The molecule has 0 N–H and O–H groups in total. The van der Waals surface area contributed by atoms with Crippen molar-refractivity contribution in [2.45, 2.75) is 39.9 Å². The molecule has 1 rings (SSSR count). The van der Waals surface area contributed by atoms with Crippen molar-refractivity contribution in [1.29, 1.82) is 0 Å². The zero-order valence-electron chi connectivity index (χ0n) is 9.32. The van der Waals surface area contributed by atoms with E-state index in [9.17, 15) is 8.78 Å². The zero-order chi connectivity index (χ0) is 11.4. The minimum absolute atomic E-state index is 0.344. The van der Waals surface area contributed by atoms with Gasteiger partial charge in [-0.05, 0) is 26.5 Å². The van der Waals surface area contributed by atoms with Gasteiger partial charge in [0.15, 0.2) is 0 Å². The first-order chi connectivity index (χ1) is 7.06. The lowest BCUT2D eigenvalue weighted by Gasteiger charge is -2.24. The van der Waals surface area contributed by atoms with Crippen LogP contribution in [0.2, 0.25) is 0 Å². The van der Waals surface area contributed by atoms with Crippen LogP contribution in [0.1, 0.15) is 33.0 Å². The summed E-state index contributed by atoms with van der Waals surface area (Å²) in [6.07, 6.45) is 1.41. The molecular weight excluding hydrogens is 200 g/mol. The Labute approximate surface area is 88.7 Å². The van der Waals surface area contributed by atoms with Gasteiger partial charge in [0.1, 0.15) is 0 Å². The second-order valence-electron chi connectivity index (χ2n) is 3.70. The molecule has 1 heterocycles. The molecule has 15 heavy (non-hydrogen) atoms. The van der Waals surface area contributed by atoms with Gasteiger partial charge < -0.3 is 0 Å². The molecule has 1 aromatic heterocycles. The Morgan fingerprint density at radius 2 is 2.13 bits per heavy atom. The molecule has 0 amide bonds. The van der Waals surface area contributed by atoms with E-state index in [0.29, 0.717) is 18.3 Å². The standard InChI is InChI=1S/C10H17F2N3/c1-4-14(8(2)3)7-9-5-6-13-15(9)10(11)12/h5-6,8,10H,4,7H2,1-3H3. The minimum Gasteiger partial charge on any atom is -0.295 e. The molecule has 1 aromatic rings. The van der Waals surface area contributed by atoms with E-state index in [-0.39, 0.29) is 0 Å². The van der Waals surface area contributed by atoms with E-state index in [0.717, 1.165) is 11.2 Å². The molecule has 0 saturated carbocycles. The van der Waals surface area contributed by atoms with Crippen LogP contribution in [-0.4, -0.2) is 27.3 Å². The highest BCUT2D eigenvalue weighted by Gasteiger charge is 2.15. The second-order valence-corrected chi connectivity index (χ2v) is 3.70. The van der Waals surface area contributed by atoms with Gasteiger partial charge in [0.2, 0.25) is 0 Å². The highest BCUT2D eigenvalue weighted by molar-refractivity contribution is 5.00.